The number of rotatable bonds is 4. The van der Waals surface area contributed by atoms with Crippen LogP contribution in [0.25, 0.3) is 0 Å². The first-order valence-electron chi connectivity index (χ1n) is 6.74. The van der Waals surface area contributed by atoms with Crippen LogP contribution in [0.4, 0.5) is 11.4 Å². The number of anilines is 2. The molecular formula is C17H15N3O2. The molecule has 2 aromatic rings. The molecule has 2 rings (SSSR count). The lowest BCUT2D eigenvalue weighted by Gasteiger charge is -2.08. The molecule has 2 aromatic carbocycles. The highest BCUT2D eigenvalue weighted by Crippen LogP contribution is 2.14. The van der Waals surface area contributed by atoms with E-state index in [4.69, 9.17) is 5.26 Å². The van der Waals surface area contributed by atoms with Crippen molar-refractivity contribution in [3.8, 4) is 6.07 Å². The summed E-state index contributed by atoms with van der Waals surface area (Å²) in [4.78, 5) is 23.7. The van der Waals surface area contributed by atoms with E-state index >= 15 is 0 Å². The summed E-state index contributed by atoms with van der Waals surface area (Å²) in [6.45, 7) is 1.88. The number of para-hydroxylation sites is 1. The quantitative estimate of drug-likeness (QED) is 0.850. The molecule has 5 nitrogen and oxygen atoms in total. The van der Waals surface area contributed by atoms with Crippen LogP contribution in [-0.2, 0) is 9.59 Å². The molecule has 110 valence electrons. The van der Waals surface area contributed by atoms with Gasteiger partial charge in [-0.2, -0.15) is 5.26 Å². The second-order valence-corrected chi connectivity index (χ2v) is 4.78. The van der Waals surface area contributed by atoms with E-state index in [0.717, 1.165) is 5.56 Å². The summed E-state index contributed by atoms with van der Waals surface area (Å²) >= 11 is 0. The third-order valence-electron chi connectivity index (χ3n) is 3.02. The Balaban J connectivity index is 1.93. The summed E-state index contributed by atoms with van der Waals surface area (Å²) < 4.78 is 0. The van der Waals surface area contributed by atoms with Crippen LogP contribution in [0, 0.1) is 18.3 Å². The largest absolute Gasteiger partial charge is 0.326 e. The molecule has 0 aliphatic carbocycles. The Hall–Kier alpha value is -3.13. The summed E-state index contributed by atoms with van der Waals surface area (Å²) in [7, 11) is 0. The van der Waals surface area contributed by atoms with E-state index < -0.39 is 5.91 Å². The lowest BCUT2D eigenvalue weighted by molar-refractivity contribution is -0.123. The number of nitriles is 1. The maximum atomic E-state index is 11.9. The summed E-state index contributed by atoms with van der Waals surface area (Å²) in [6.07, 6.45) is -0.287. The Kier molecular flexibility index (Phi) is 4.89. The fourth-order valence-corrected chi connectivity index (χ4v) is 1.93. The average molecular weight is 293 g/mol. The molecule has 0 fully saturated rings. The smallest absolute Gasteiger partial charge is 0.233 e. The van der Waals surface area contributed by atoms with E-state index in [1.807, 2.05) is 31.2 Å². The number of hydrogen-bond acceptors (Lipinski definition) is 3. The Morgan fingerprint density at radius 2 is 1.77 bits per heavy atom. The number of carbonyl (C=O) groups excluding carboxylic acids is 2. The third-order valence-corrected chi connectivity index (χ3v) is 3.02. The maximum Gasteiger partial charge on any atom is 0.233 e. The van der Waals surface area contributed by atoms with Crippen LogP contribution in [0.2, 0.25) is 0 Å². The van der Waals surface area contributed by atoms with Gasteiger partial charge in [0.05, 0.1) is 11.6 Å². The second-order valence-electron chi connectivity index (χ2n) is 4.78. The first kappa shape index (κ1) is 15.3. The van der Waals surface area contributed by atoms with Crippen molar-refractivity contribution in [2.75, 3.05) is 10.6 Å². The third kappa shape index (κ3) is 4.18. The van der Waals surface area contributed by atoms with Gasteiger partial charge in [0.15, 0.2) is 0 Å². The van der Waals surface area contributed by atoms with Gasteiger partial charge in [-0.05, 0) is 36.8 Å². The molecule has 22 heavy (non-hydrogen) atoms. The van der Waals surface area contributed by atoms with E-state index in [1.165, 1.54) is 0 Å². The van der Waals surface area contributed by atoms with Gasteiger partial charge in [0, 0.05) is 11.4 Å². The van der Waals surface area contributed by atoms with Crippen LogP contribution in [0.3, 0.4) is 0 Å². The molecule has 2 N–H and O–H groups in total. The van der Waals surface area contributed by atoms with Crippen molar-refractivity contribution in [1.29, 1.82) is 5.26 Å². The van der Waals surface area contributed by atoms with Gasteiger partial charge < -0.3 is 10.6 Å². The molecule has 0 aromatic heterocycles. The maximum absolute atomic E-state index is 11.9. The van der Waals surface area contributed by atoms with Crippen molar-refractivity contribution >= 4 is 23.2 Å². The molecule has 0 radical (unpaired) electrons. The fraction of sp³-hybridized carbons (Fsp3) is 0.118. The summed E-state index contributed by atoms with van der Waals surface area (Å²) in [6, 6.07) is 15.9. The molecule has 5 heteroatoms. The van der Waals surface area contributed by atoms with E-state index in [9.17, 15) is 9.59 Å². The van der Waals surface area contributed by atoms with Crippen molar-refractivity contribution in [3.63, 3.8) is 0 Å². The minimum Gasteiger partial charge on any atom is -0.326 e. The molecule has 2 amide bonds. The summed E-state index contributed by atoms with van der Waals surface area (Å²) in [5.74, 6) is -0.815. The van der Waals surface area contributed by atoms with Gasteiger partial charge >= 0.3 is 0 Å². The van der Waals surface area contributed by atoms with Crippen LogP contribution in [0.15, 0.2) is 48.5 Å². The van der Waals surface area contributed by atoms with Crippen molar-refractivity contribution in [2.45, 2.75) is 13.3 Å². The number of amides is 2. The molecule has 0 heterocycles. The monoisotopic (exact) mass is 293 g/mol. The molecule has 0 saturated heterocycles. The lowest BCUT2D eigenvalue weighted by atomic mass is 10.2. The first-order chi connectivity index (χ1) is 10.6. The summed E-state index contributed by atoms with van der Waals surface area (Å²) in [5, 5.41) is 14.1. The van der Waals surface area contributed by atoms with Crippen LogP contribution in [-0.4, -0.2) is 11.8 Å². The van der Waals surface area contributed by atoms with Crippen molar-refractivity contribution in [3.05, 3.63) is 59.7 Å². The molecule has 0 aliphatic heterocycles. The van der Waals surface area contributed by atoms with Gasteiger partial charge in [0.2, 0.25) is 11.8 Å². The predicted molar refractivity (Wildman–Crippen MR) is 84.2 cm³/mol. The molecule has 0 bridgehead atoms. The SMILES string of the molecule is Cc1ccccc1NC(=O)CC(=O)Nc1cccc(C#N)c1. The Labute approximate surface area is 128 Å². The fourth-order valence-electron chi connectivity index (χ4n) is 1.93. The normalized spacial score (nSPS) is 9.64. The van der Waals surface area contributed by atoms with E-state index in [1.54, 1.807) is 30.3 Å². The summed E-state index contributed by atoms with van der Waals surface area (Å²) in [5.41, 5.74) is 2.56. The highest BCUT2D eigenvalue weighted by Gasteiger charge is 2.11. The zero-order chi connectivity index (χ0) is 15.9. The molecule has 0 spiro atoms. The van der Waals surface area contributed by atoms with Gasteiger partial charge in [0.1, 0.15) is 6.42 Å². The zero-order valence-corrected chi connectivity index (χ0v) is 12.1. The molecule has 0 saturated carbocycles. The first-order valence-corrected chi connectivity index (χ1v) is 6.74. The van der Waals surface area contributed by atoms with Gasteiger partial charge in [-0.25, -0.2) is 0 Å². The number of hydrogen-bond donors (Lipinski definition) is 2. The lowest BCUT2D eigenvalue weighted by Crippen LogP contribution is -2.21. The van der Waals surface area contributed by atoms with Gasteiger partial charge in [-0.1, -0.05) is 24.3 Å². The van der Waals surface area contributed by atoms with Crippen LogP contribution < -0.4 is 10.6 Å². The minimum absolute atomic E-state index is 0.287. The number of aryl methyl sites for hydroxylation is 1. The average Bonchev–Trinajstić information content (AvgIpc) is 2.49. The van der Waals surface area contributed by atoms with Crippen LogP contribution >= 0.6 is 0 Å². The van der Waals surface area contributed by atoms with Crippen molar-refractivity contribution in [2.24, 2.45) is 0 Å². The van der Waals surface area contributed by atoms with E-state index in [2.05, 4.69) is 10.6 Å². The second kappa shape index (κ2) is 7.04. The predicted octanol–water partition coefficient (Wildman–Crippen LogP) is 2.83. The standard InChI is InChI=1S/C17H15N3O2/c1-12-5-2-3-8-15(12)20-17(22)10-16(21)19-14-7-4-6-13(9-14)11-18/h2-9H,10H2,1H3,(H,19,21)(H,20,22). The molecule has 0 aliphatic rings. The zero-order valence-electron chi connectivity index (χ0n) is 12.1. The Bertz CT molecular complexity index is 748. The van der Waals surface area contributed by atoms with Crippen molar-refractivity contribution < 1.29 is 9.59 Å². The highest BCUT2D eigenvalue weighted by molar-refractivity contribution is 6.08. The Morgan fingerprint density at radius 3 is 2.50 bits per heavy atom. The topological polar surface area (TPSA) is 82.0 Å². The minimum atomic E-state index is -0.429. The Morgan fingerprint density at radius 1 is 1.05 bits per heavy atom. The van der Waals surface area contributed by atoms with Gasteiger partial charge in [-0.3, -0.25) is 9.59 Å². The molecule has 0 unspecified atom stereocenters. The molecular weight excluding hydrogens is 278 g/mol. The van der Waals surface area contributed by atoms with Crippen molar-refractivity contribution in [1.82, 2.24) is 0 Å². The van der Waals surface area contributed by atoms with E-state index in [0.29, 0.717) is 16.9 Å². The van der Waals surface area contributed by atoms with Crippen LogP contribution in [0.1, 0.15) is 17.5 Å². The highest BCUT2D eigenvalue weighted by atomic mass is 16.2. The number of benzene rings is 2. The van der Waals surface area contributed by atoms with Crippen LogP contribution in [0.5, 0.6) is 0 Å². The van der Waals surface area contributed by atoms with E-state index in [-0.39, 0.29) is 12.3 Å². The number of nitrogens with one attached hydrogen (secondary N) is 2. The number of carbonyl (C=O) groups is 2. The number of nitrogens with zero attached hydrogens (tertiary/aromatic N) is 1. The van der Waals surface area contributed by atoms with Gasteiger partial charge in [-0.15, -0.1) is 0 Å². The van der Waals surface area contributed by atoms with Gasteiger partial charge in [0.25, 0.3) is 0 Å². The molecule has 0 atom stereocenters.